The van der Waals surface area contributed by atoms with E-state index in [-0.39, 0.29) is 0 Å². The van der Waals surface area contributed by atoms with Gasteiger partial charge in [-0.1, -0.05) is 109 Å². The van der Waals surface area contributed by atoms with Crippen LogP contribution in [-0.2, 0) is 0 Å². The minimum atomic E-state index is 0.989. The molecule has 204 valence electrons. The molecular formula is C41H25N3. The first-order valence-electron chi connectivity index (χ1n) is 15.1. The van der Waals surface area contributed by atoms with Crippen LogP contribution in [0.5, 0.6) is 0 Å². The molecule has 0 saturated heterocycles. The van der Waals surface area contributed by atoms with E-state index in [0.29, 0.717) is 0 Å². The number of para-hydroxylation sites is 2. The molecule has 3 aromatic heterocycles. The van der Waals surface area contributed by atoms with E-state index in [0.717, 1.165) is 33.3 Å². The van der Waals surface area contributed by atoms with Gasteiger partial charge in [0.15, 0.2) is 0 Å². The zero-order valence-electron chi connectivity index (χ0n) is 23.8. The number of fused-ring (bicyclic) bond motifs is 13. The zero-order valence-corrected chi connectivity index (χ0v) is 23.8. The zero-order chi connectivity index (χ0) is 28.8. The summed E-state index contributed by atoms with van der Waals surface area (Å²) < 4.78 is 4.76. The van der Waals surface area contributed by atoms with Crippen LogP contribution in [0.2, 0.25) is 0 Å². The highest BCUT2D eigenvalue weighted by molar-refractivity contribution is 6.20. The predicted octanol–water partition coefficient (Wildman–Crippen LogP) is 10.7. The SMILES string of the molecule is c1cc(-c2ccc3ccccc3c2)cc(-n2c3ccccc3c3ccc4c(nc5c6ccccc6c6ccccc6n45)c32)c1. The largest absolute Gasteiger partial charge is 0.307 e. The van der Waals surface area contributed by atoms with E-state index in [1.54, 1.807) is 0 Å². The summed E-state index contributed by atoms with van der Waals surface area (Å²) in [4.78, 5) is 5.46. The number of aromatic nitrogens is 3. The number of hydrogen-bond acceptors (Lipinski definition) is 1. The van der Waals surface area contributed by atoms with E-state index in [1.165, 1.54) is 54.5 Å². The number of imidazole rings is 1. The quantitative estimate of drug-likeness (QED) is 0.193. The second-order valence-electron chi connectivity index (χ2n) is 11.6. The first-order valence-corrected chi connectivity index (χ1v) is 15.1. The van der Waals surface area contributed by atoms with Gasteiger partial charge in [0.05, 0.1) is 22.1 Å². The fourth-order valence-corrected chi connectivity index (χ4v) is 7.29. The van der Waals surface area contributed by atoms with E-state index < -0.39 is 0 Å². The first-order chi connectivity index (χ1) is 21.8. The molecule has 0 saturated carbocycles. The minimum Gasteiger partial charge on any atom is -0.307 e. The summed E-state index contributed by atoms with van der Waals surface area (Å²) in [6.07, 6.45) is 0. The Labute approximate surface area is 252 Å². The van der Waals surface area contributed by atoms with Gasteiger partial charge in [0.1, 0.15) is 11.2 Å². The van der Waals surface area contributed by atoms with Crippen molar-refractivity contribution in [1.82, 2.24) is 14.0 Å². The lowest BCUT2D eigenvalue weighted by atomic mass is 10.0. The third-order valence-corrected chi connectivity index (χ3v) is 9.25. The maximum Gasteiger partial charge on any atom is 0.146 e. The Bertz CT molecular complexity index is 2780. The average molecular weight is 560 g/mol. The summed E-state index contributed by atoms with van der Waals surface area (Å²) >= 11 is 0. The highest BCUT2D eigenvalue weighted by atomic mass is 15.1. The van der Waals surface area contributed by atoms with Crippen LogP contribution in [-0.4, -0.2) is 14.0 Å². The van der Waals surface area contributed by atoms with Gasteiger partial charge in [0.2, 0.25) is 0 Å². The number of pyridine rings is 1. The van der Waals surface area contributed by atoms with Crippen molar-refractivity contribution in [2.75, 3.05) is 0 Å². The fourth-order valence-electron chi connectivity index (χ4n) is 7.29. The number of hydrogen-bond donors (Lipinski definition) is 0. The van der Waals surface area contributed by atoms with Gasteiger partial charge in [-0.05, 0) is 69.8 Å². The van der Waals surface area contributed by atoms with Crippen LogP contribution in [0.3, 0.4) is 0 Å². The molecule has 3 nitrogen and oxygen atoms in total. The molecule has 3 heterocycles. The summed E-state index contributed by atoms with van der Waals surface area (Å²) in [5.74, 6) is 0. The molecule has 0 aliphatic rings. The highest BCUT2D eigenvalue weighted by Crippen LogP contribution is 2.39. The lowest BCUT2D eigenvalue weighted by molar-refractivity contribution is 1.18. The van der Waals surface area contributed by atoms with Crippen LogP contribution in [0, 0.1) is 0 Å². The Morgan fingerprint density at radius 1 is 0.409 bits per heavy atom. The van der Waals surface area contributed by atoms with E-state index >= 15 is 0 Å². The van der Waals surface area contributed by atoms with Crippen molar-refractivity contribution in [3.05, 3.63) is 152 Å². The topological polar surface area (TPSA) is 22.2 Å². The Kier molecular flexibility index (Phi) is 4.72. The van der Waals surface area contributed by atoms with Crippen LogP contribution in [0.25, 0.3) is 87.7 Å². The molecule has 0 spiro atoms. The lowest BCUT2D eigenvalue weighted by Crippen LogP contribution is -1.95. The van der Waals surface area contributed by atoms with Gasteiger partial charge in [-0.25, -0.2) is 4.98 Å². The summed E-state index contributed by atoms with van der Waals surface area (Å²) in [6, 6.07) is 54.8. The smallest absolute Gasteiger partial charge is 0.146 e. The maximum atomic E-state index is 5.46. The van der Waals surface area contributed by atoms with E-state index in [2.05, 4.69) is 161 Å². The summed E-state index contributed by atoms with van der Waals surface area (Å²) in [7, 11) is 0. The van der Waals surface area contributed by atoms with Crippen LogP contribution in [0.4, 0.5) is 0 Å². The molecule has 0 N–H and O–H groups in total. The van der Waals surface area contributed by atoms with Gasteiger partial charge in [-0.2, -0.15) is 0 Å². The van der Waals surface area contributed by atoms with E-state index in [9.17, 15) is 0 Å². The first kappa shape index (κ1) is 23.6. The molecule has 10 aromatic rings. The molecule has 3 heteroatoms. The number of rotatable bonds is 2. The Morgan fingerprint density at radius 2 is 1.09 bits per heavy atom. The second-order valence-corrected chi connectivity index (χ2v) is 11.6. The van der Waals surface area contributed by atoms with Gasteiger partial charge in [0.25, 0.3) is 0 Å². The number of nitrogens with zero attached hydrogens (tertiary/aromatic N) is 3. The molecule has 0 fully saturated rings. The second kappa shape index (κ2) is 8.79. The van der Waals surface area contributed by atoms with Gasteiger partial charge in [-0.15, -0.1) is 0 Å². The van der Waals surface area contributed by atoms with Crippen molar-refractivity contribution in [3.63, 3.8) is 0 Å². The van der Waals surface area contributed by atoms with Crippen LogP contribution in [0.15, 0.2) is 152 Å². The van der Waals surface area contributed by atoms with Gasteiger partial charge < -0.3 is 4.57 Å². The standard InChI is InChI=1S/C41H25N3/c1-2-11-27-24-29(21-20-26(27)10-1)28-12-9-13-30(25-28)43-36-18-7-6-16-33(36)34-22-23-38-39(40(34)43)42-41-35-17-4-3-14-31(35)32-15-5-8-19-37(32)44(38)41/h1-25H. The monoisotopic (exact) mass is 559 g/mol. The summed E-state index contributed by atoms with van der Waals surface area (Å²) in [5, 5.41) is 8.57. The third kappa shape index (κ3) is 3.18. The molecule has 0 unspecified atom stereocenters. The van der Waals surface area contributed by atoms with Crippen LogP contribution >= 0.6 is 0 Å². The Morgan fingerprint density at radius 3 is 1.95 bits per heavy atom. The Hall–Kier alpha value is -5.93. The van der Waals surface area contributed by atoms with E-state index in [1.807, 2.05) is 0 Å². The molecule has 0 bridgehead atoms. The van der Waals surface area contributed by atoms with Crippen molar-refractivity contribution >= 4 is 70.9 Å². The Balaban J connectivity index is 1.33. The normalized spacial score (nSPS) is 12.1. The number of benzene rings is 7. The minimum absolute atomic E-state index is 0.989. The predicted molar refractivity (Wildman–Crippen MR) is 185 cm³/mol. The van der Waals surface area contributed by atoms with Crippen molar-refractivity contribution in [3.8, 4) is 16.8 Å². The maximum absolute atomic E-state index is 5.46. The van der Waals surface area contributed by atoms with Gasteiger partial charge >= 0.3 is 0 Å². The molecule has 0 atom stereocenters. The highest BCUT2D eigenvalue weighted by Gasteiger charge is 2.20. The molecule has 7 aromatic carbocycles. The molecule has 44 heavy (non-hydrogen) atoms. The molecule has 0 aliphatic carbocycles. The average Bonchev–Trinajstić information content (AvgIpc) is 3.65. The summed E-state index contributed by atoms with van der Waals surface area (Å²) in [5.41, 5.74) is 10.1. The molecule has 0 aliphatic heterocycles. The lowest BCUT2D eigenvalue weighted by Gasteiger charge is -2.11. The molecule has 10 rings (SSSR count). The van der Waals surface area contributed by atoms with Gasteiger partial charge in [0, 0.05) is 27.2 Å². The fraction of sp³-hybridized carbons (Fsp3) is 0. The van der Waals surface area contributed by atoms with Crippen molar-refractivity contribution in [2.24, 2.45) is 0 Å². The van der Waals surface area contributed by atoms with Crippen LogP contribution in [0.1, 0.15) is 0 Å². The van der Waals surface area contributed by atoms with Gasteiger partial charge in [-0.3, -0.25) is 4.40 Å². The van der Waals surface area contributed by atoms with E-state index in [4.69, 9.17) is 4.98 Å². The molecule has 0 amide bonds. The van der Waals surface area contributed by atoms with Crippen molar-refractivity contribution in [1.29, 1.82) is 0 Å². The summed E-state index contributed by atoms with van der Waals surface area (Å²) in [6.45, 7) is 0. The molecular weight excluding hydrogens is 534 g/mol. The van der Waals surface area contributed by atoms with Crippen molar-refractivity contribution in [2.45, 2.75) is 0 Å². The van der Waals surface area contributed by atoms with Crippen LogP contribution < -0.4 is 0 Å². The molecule has 0 radical (unpaired) electrons. The third-order valence-electron chi connectivity index (χ3n) is 9.25. The van der Waals surface area contributed by atoms with Crippen molar-refractivity contribution < 1.29 is 0 Å².